The smallest absolute Gasteiger partial charge is 0.467 e. The van der Waals surface area contributed by atoms with Crippen molar-refractivity contribution in [3.8, 4) is 0 Å². The van der Waals surface area contributed by atoms with Crippen LogP contribution in [0.1, 0.15) is 6.92 Å². The Morgan fingerprint density at radius 3 is 2.22 bits per heavy atom. The van der Waals surface area contributed by atoms with Crippen molar-refractivity contribution in [1.29, 1.82) is 0 Å². The molecule has 0 aliphatic rings. The van der Waals surface area contributed by atoms with E-state index in [1.54, 1.807) is 0 Å². The summed E-state index contributed by atoms with van der Waals surface area (Å²) in [6.45, 7) is 4.44. The predicted octanol–water partition coefficient (Wildman–Crippen LogP) is 0.762. The van der Waals surface area contributed by atoms with Crippen molar-refractivity contribution in [1.82, 2.24) is 0 Å². The Hall–Kier alpha value is -0.713. The number of halogens is 2. The first-order valence-electron chi connectivity index (χ1n) is 2.18. The molecule has 0 saturated carbocycles. The number of hydrogen-bond donors (Lipinski definition) is 0. The summed E-state index contributed by atoms with van der Waals surface area (Å²) < 4.78 is 26.2. The van der Waals surface area contributed by atoms with Crippen LogP contribution < -0.4 is 0 Å². The lowest BCUT2D eigenvalue weighted by Crippen LogP contribution is -2.13. The zero-order valence-electron chi connectivity index (χ0n) is 4.86. The molecule has 0 amide bonds. The fraction of sp³-hybridized carbons (Fsp3) is 0.250. The molecule has 9 heavy (non-hydrogen) atoms. The molecule has 0 N–H and O–H groups in total. The van der Waals surface area contributed by atoms with Crippen LogP contribution in [0.2, 0.25) is 0 Å². The van der Waals surface area contributed by atoms with Crippen LogP contribution in [0.5, 0.6) is 0 Å². The zero-order valence-corrected chi connectivity index (χ0v) is 6.01. The molecule has 0 spiro atoms. The maximum atomic E-state index is 11.3. The number of rotatable bonds is 2. The van der Waals surface area contributed by atoms with Gasteiger partial charge in [0.1, 0.15) is 0 Å². The Bertz CT molecular complexity index is 135. The highest BCUT2D eigenvalue weighted by molar-refractivity contribution is 6.38. The van der Waals surface area contributed by atoms with Crippen molar-refractivity contribution in [2.75, 3.05) is 0 Å². The summed E-state index contributed by atoms with van der Waals surface area (Å²) in [6, 6.07) is 0. The lowest BCUT2D eigenvalue weighted by Gasteiger charge is -1.98. The largest absolute Gasteiger partial charge is 0.629 e. The number of carbonyl (C=O) groups is 1. The van der Waals surface area contributed by atoms with Gasteiger partial charge in [0.15, 0.2) is 0 Å². The highest BCUT2D eigenvalue weighted by atomic mass is 28.4. The van der Waals surface area contributed by atoms with Gasteiger partial charge in [-0.25, -0.2) is 13.0 Å². The Kier molecular flexibility index (Phi) is 3.07. The number of carbonyl (C=O) groups excluding carboxylic acids is 1. The first-order valence-corrected chi connectivity index (χ1v) is 3.53. The average Bonchev–Trinajstić information content (AvgIpc) is 1.63. The topological polar surface area (TPSA) is 26.3 Å². The molecule has 0 aromatic carbocycles. The molecule has 0 rings (SSSR count). The molecule has 0 saturated heterocycles. The van der Waals surface area contributed by atoms with E-state index < -0.39 is 15.7 Å². The van der Waals surface area contributed by atoms with E-state index in [2.05, 4.69) is 11.0 Å². The minimum atomic E-state index is -4.19. The third-order valence-corrected chi connectivity index (χ3v) is 0.937. The van der Waals surface area contributed by atoms with Crippen molar-refractivity contribution < 1.29 is 17.4 Å². The Morgan fingerprint density at radius 2 is 2.11 bits per heavy atom. The summed E-state index contributed by atoms with van der Waals surface area (Å²) in [6.07, 6.45) is 0. The third-order valence-electron chi connectivity index (χ3n) is 0.545. The van der Waals surface area contributed by atoms with E-state index in [0.717, 1.165) is 0 Å². The second-order valence-electron chi connectivity index (χ2n) is 1.45. The molecule has 0 aromatic heterocycles. The second kappa shape index (κ2) is 3.34. The van der Waals surface area contributed by atoms with Crippen LogP contribution in [-0.2, 0) is 9.22 Å². The first-order chi connectivity index (χ1) is 4.04. The van der Waals surface area contributed by atoms with Gasteiger partial charge in [-0.2, -0.15) is 0 Å². The fourth-order valence-corrected chi connectivity index (χ4v) is 0.545. The second-order valence-corrected chi connectivity index (χ2v) is 2.20. The number of hydrogen-bond acceptors (Lipinski definition) is 2. The van der Waals surface area contributed by atoms with E-state index in [-0.39, 0.29) is 5.57 Å². The van der Waals surface area contributed by atoms with Gasteiger partial charge in [0.25, 0.3) is 0 Å². The molecular formula is C4H6F2O2Si. The monoisotopic (exact) mass is 152 g/mol. The minimum absolute atomic E-state index is 0.00259. The molecule has 0 bridgehead atoms. The van der Waals surface area contributed by atoms with E-state index in [1.807, 2.05) is 0 Å². The van der Waals surface area contributed by atoms with Gasteiger partial charge >= 0.3 is 15.7 Å². The van der Waals surface area contributed by atoms with Crippen LogP contribution >= 0.6 is 0 Å². The standard InChI is InChI=1S/C4H6F2O2Si/c1-3(2)4(7)8-9(5)6/h9H,1H2,2H3. The molecular weight excluding hydrogens is 146 g/mol. The van der Waals surface area contributed by atoms with Crippen LogP contribution in [0.25, 0.3) is 0 Å². The lowest BCUT2D eigenvalue weighted by atomic mass is 10.4. The van der Waals surface area contributed by atoms with E-state index in [1.165, 1.54) is 6.92 Å². The summed E-state index contributed by atoms with van der Waals surface area (Å²) in [5, 5.41) is 0. The van der Waals surface area contributed by atoms with Gasteiger partial charge in [0.2, 0.25) is 0 Å². The molecule has 0 radical (unpaired) electrons. The fourth-order valence-electron chi connectivity index (χ4n) is 0.182. The minimum Gasteiger partial charge on any atom is -0.467 e. The van der Waals surface area contributed by atoms with Gasteiger partial charge < -0.3 is 4.43 Å². The Labute approximate surface area is 53.2 Å². The maximum absolute atomic E-state index is 11.3. The SMILES string of the molecule is C=C(C)C(=O)O[SiH](F)F. The van der Waals surface area contributed by atoms with E-state index in [0.29, 0.717) is 0 Å². The highest BCUT2D eigenvalue weighted by Crippen LogP contribution is 1.96. The van der Waals surface area contributed by atoms with Gasteiger partial charge in [0, 0.05) is 5.57 Å². The van der Waals surface area contributed by atoms with E-state index >= 15 is 0 Å². The molecule has 2 nitrogen and oxygen atoms in total. The Balaban J connectivity index is 3.65. The van der Waals surface area contributed by atoms with Crippen LogP contribution in [0.15, 0.2) is 12.2 Å². The highest BCUT2D eigenvalue weighted by Gasteiger charge is 2.14. The average molecular weight is 152 g/mol. The Morgan fingerprint density at radius 1 is 1.67 bits per heavy atom. The van der Waals surface area contributed by atoms with Gasteiger partial charge in [-0.1, -0.05) is 6.58 Å². The molecule has 0 aromatic rings. The van der Waals surface area contributed by atoms with Crippen molar-refractivity contribution in [2.45, 2.75) is 6.92 Å². The molecule has 0 fully saturated rings. The first kappa shape index (κ1) is 8.29. The van der Waals surface area contributed by atoms with Gasteiger partial charge in [-0.05, 0) is 6.92 Å². The van der Waals surface area contributed by atoms with Crippen molar-refractivity contribution in [2.24, 2.45) is 0 Å². The zero-order chi connectivity index (χ0) is 7.44. The van der Waals surface area contributed by atoms with E-state index in [4.69, 9.17) is 0 Å². The van der Waals surface area contributed by atoms with Gasteiger partial charge in [0.05, 0.1) is 0 Å². The lowest BCUT2D eigenvalue weighted by molar-refractivity contribution is -0.131. The predicted molar refractivity (Wildman–Crippen MR) is 30.3 cm³/mol. The summed E-state index contributed by atoms with van der Waals surface area (Å²) in [5.41, 5.74) is 0.00259. The summed E-state index contributed by atoms with van der Waals surface area (Å²) in [4.78, 5) is 10.2. The molecule has 0 heterocycles. The molecule has 0 aliphatic heterocycles. The third kappa shape index (κ3) is 3.84. The van der Waals surface area contributed by atoms with Gasteiger partial charge in [-0.15, -0.1) is 0 Å². The normalized spacial score (nSPS) is 9.33. The molecule has 5 heteroatoms. The molecule has 0 unspecified atom stereocenters. The summed E-state index contributed by atoms with van der Waals surface area (Å²) >= 11 is 0. The van der Waals surface area contributed by atoms with Crippen LogP contribution in [0, 0.1) is 0 Å². The van der Waals surface area contributed by atoms with Crippen LogP contribution in [0.3, 0.4) is 0 Å². The maximum Gasteiger partial charge on any atom is 0.629 e. The van der Waals surface area contributed by atoms with Crippen molar-refractivity contribution >= 4 is 15.7 Å². The quantitative estimate of drug-likeness (QED) is 0.332. The van der Waals surface area contributed by atoms with Crippen LogP contribution in [-0.4, -0.2) is 15.7 Å². The molecule has 0 aliphatic carbocycles. The van der Waals surface area contributed by atoms with Gasteiger partial charge in [-0.3, -0.25) is 0 Å². The molecule has 52 valence electrons. The van der Waals surface area contributed by atoms with Crippen LogP contribution in [0.4, 0.5) is 8.22 Å². The molecule has 0 atom stereocenters. The summed E-state index contributed by atoms with van der Waals surface area (Å²) in [5.74, 6) is -1.00. The summed E-state index contributed by atoms with van der Waals surface area (Å²) in [7, 11) is -4.19. The van der Waals surface area contributed by atoms with Crippen molar-refractivity contribution in [3.63, 3.8) is 0 Å². The van der Waals surface area contributed by atoms with Crippen molar-refractivity contribution in [3.05, 3.63) is 12.2 Å². The van der Waals surface area contributed by atoms with E-state index in [9.17, 15) is 13.0 Å².